The summed E-state index contributed by atoms with van der Waals surface area (Å²) in [4.78, 5) is 12.9. The van der Waals surface area contributed by atoms with Crippen molar-refractivity contribution in [2.24, 2.45) is 0 Å². The van der Waals surface area contributed by atoms with E-state index in [4.69, 9.17) is 4.74 Å². The Morgan fingerprint density at radius 2 is 2.25 bits per heavy atom. The number of carbonyl (C=O) groups is 1. The van der Waals surface area contributed by atoms with Crippen LogP contribution in [0.5, 0.6) is 0 Å². The molecule has 1 aromatic heterocycles. The number of hydrogen-bond donors (Lipinski definition) is 2. The number of anilines is 1. The Balaban J connectivity index is 2.42. The van der Waals surface area contributed by atoms with Crippen molar-refractivity contribution in [1.29, 1.82) is 0 Å². The molecule has 0 spiro atoms. The fourth-order valence-electron chi connectivity index (χ4n) is 2.19. The molecule has 2 heterocycles. The highest BCUT2D eigenvalue weighted by Gasteiger charge is 2.27. The number of methoxy groups -OCH3 is 1. The summed E-state index contributed by atoms with van der Waals surface area (Å²) in [6, 6.07) is 0. The Morgan fingerprint density at radius 3 is 2.90 bits per heavy atom. The minimum absolute atomic E-state index is 0.0361. The minimum Gasteiger partial charge on any atom is -0.465 e. The first-order valence-corrected chi connectivity index (χ1v) is 8.89. The van der Waals surface area contributed by atoms with E-state index in [1.165, 1.54) is 18.4 Å². The van der Waals surface area contributed by atoms with E-state index in [-0.39, 0.29) is 5.75 Å². The summed E-state index contributed by atoms with van der Waals surface area (Å²) in [6.45, 7) is 3.22. The lowest BCUT2D eigenvalue weighted by Crippen LogP contribution is -2.23. The van der Waals surface area contributed by atoms with Gasteiger partial charge in [-0.2, -0.15) is 0 Å². The number of rotatable bonds is 5. The van der Waals surface area contributed by atoms with Gasteiger partial charge in [0, 0.05) is 11.4 Å². The maximum atomic E-state index is 11.9. The van der Waals surface area contributed by atoms with Gasteiger partial charge < -0.3 is 10.1 Å². The summed E-state index contributed by atoms with van der Waals surface area (Å²) >= 11 is 1.30. The van der Waals surface area contributed by atoms with Crippen LogP contribution < -0.4 is 10.0 Å². The topological polar surface area (TPSA) is 84.5 Å². The zero-order valence-electron chi connectivity index (χ0n) is 11.5. The average Bonchev–Trinajstić information content (AvgIpc) is 2.74. The zero-order chi connectivity index (χ0) is 14.8. The number of nitrogens with one attached hydrogen (secondary N) is 2. The number of fused-ring (bicyclic) bond motifs is 1. The molecule has 0 saturated carbocycles. The average molecular weight is 318 g/mol. The van der Waals surface area contributed by atoms with Crippen molar-refractivity contribution < 1.29 is 17.9 Å². The molecule has 0 atom stereocenters. The maximum Gasteiger partial charge on any atom is 0.341 e. The quantitative estimate of drug-likeness (QED) is 0.800. The molecule has 8 heteroatoms. The van der Waals surface area contributed by atoms with Gasteiger partial charge in [-0.1, -0.05) is 6.92 Å². The van der Waals surface area contributed by atoms with Crippen molar-refractivity contribution in [3.8, 4) is 0 Å². The first-order valence-electron chi connectivity index (χ1n) is 6.42. The highest BCUT2D eigenvalue weighted by molar-refractivity contribution is 7.92. The first-order chi connectivity index (χ1) is 9.48. The van der Waals surface area contributed by atoms with Gasteiger partial charge in [-0.25, -0.2) is 13.2 Å². The number of sulfonamides is 1. The molecule has 2 N–H and O–H groups in total. The summed E-state index contributed by atoms with van der Waals surface area (Å²) in [6.07, 6.45) is 1.22. The van der Waals surface area contributed by atoms with Crippen LogP contribution in [0.2, 0.25) is 0 Å². The lowest BCUT2D eigenvalue weighted by molar-refractivity contribution is 0.0601. The number of ether oxygens (including phenoxy) is 1. The van der Waals surface area contributed by atoms with Gasteiger partial charge in [0.05, 0.1) is 18.4 Å². The molecular weight excluding hydrogens is 300 g/mol. The molecule has 2 rings (SSSR count). The van der Waals surface area contributed by atoms with Crippen LogP contribution in [-0.2, 0) is 27.7 Å². The molecule has 1 aromatic rings. The molecule has 6 nitrogen and oxygen atoms in total. The largest absolute Gasteiger partial charge is 0.465 e. The summed E-state index contributed by atoms with van der Waals surface area (Å²) in [5.74, 6) is -0.451. The Morgan fingerprint density at radius 1 is 1.50 bits per heavy atom. The second-order valence-electron chi connectivity index (χ2n) is 4.55. The van der Waals surface area contributed by atoms with Crippen molar-refractivity contribution in [3.05, 3.63) is 16.0 Å². The van der Waals surface area contributed by atoms with Gasteiger partial charge in [0.15, 0.2) is 0 Å². The van der Waals surface area contributed by atoms with Crippen LogP contribution in [0.3, 0.4) is 0 Å². The molecule has 0 saturated heterocycles. The van der Waals surface area contributed by atoms with E-state index < -0.39 is 16.0 Å². The highest BCUT2D eigenvalue weighted by atomic mass is 32.2. The van der Waals surface area contributed by atoms with E-state index in [0.29, 0.717) is 30.0 Å². The van der Waals surface area contributed by atoms with Gasteiger partial charge in [0.2, 0.25) is 10.0 Å². The van der Waals surface area contributed by atoms with Gasteiger partial charge in [-0.3, -0.25) is 4.72 Å². The van der Waals surface area contributed by atoms with Crippen LogP contribution in [0.15, 0.2) is 0 Å². The number of esters is 1. The van der Waals surface area contributed by atoms with Crippen molar-refractivity contribution in [2.45, 2.75) is 26.3 Å². The normalized spacial score (nSPS) is 14.7. The molecule has 1 aliphatic heterocycles. The van der Waals surface area contributed by atoms with E-state index in [1.54, 1.807) is 6.92 Å². The van der Waals surface area contributed by atoms with Crippen LogP contribution in [0.4, 0.5) is 5.00 Å². The molecular formula is C12H18N2O4S2. The van der Waals surface area contributed by atoms with E-state index in [9.17, 15) is 13.2 Å². The van der Waals surface area contributed by atoms with Crippen LogP contribution in [0, 0.1) is 0 Å². The van der Waals surface area contributed by atoms with Crippen LogP contribution in [-0.4, -0.2) is 33.8 Å². The predicted molar refractivity (Wildman–Crippen MR) is 78.8 cm³/mol. The Bertz CT molecular complexity index is 607. The van der Waals surface area contributed by atoms with Gasteiger partial charge >= 0.3 is 5.97 Å². The smallest absolute Gasteiger partial charge is 0.341 e. The minimum atomic E-state index is -3.42. The number of carbonyl (C=O) groups excluding carboxylic acids is 1. The molecule has 0 unspecified atom stereocenters. The fourth-order valence-corrected chi connectivity index (χ4v) is 4.81. The Labute approximate surface area is 122 Å². The number of thiophene rings is 1. The van der Waals surface area contributed by atoms with E-state index in [2.05, 4.69) is 10.0 Å². The molecule has 0 aliphatic carbocycles. The van der Waals surface area contributed by atoms with E-state index in [0.717, 1.165) is 17.0 Å². The molecule has 112 valence electrons. The Hall–Kier alpha value is -1.12. The molecule has 0 radical (unpaired) electrons. The molecule has 0 amide bonds. The SMILES string of the molecule is CCCS(=O)(=O)Nc1sc2c(c1C(=O)OC)CCNC2. The Kier molecular flexibility index (Phi) is 4.66. The van der Waals surface area contributed by atoms with E-state index in [1.807, 2.05) is 0 Å². The van der Waals surface area contributed by atoms with Gasteiger partial charge in [-0.15, -0.1) is 11.3 Å². The van der Waals surface area contributed by atoms with Crippen LogP contribution >= 0.6 is 11.3 Å². The summed E-state index contributed by atoms with van der Waals surface area (Å²) in [5.41, 5.74) is 1.27. The van der Waals surface area contributed by atoms with E-state index >= 15 is 0 Å². The maximum absolute atomic E-state index is 11.9. The second kappa shape index (κ2) is 6.11. The van der Waals surface area contributed by atoms with Crippen molar-refractivity contribution in [3.63, 3.8) is 0 Å². The molecule has 0 fully saturated rings. The van der Waals surface area contributed by atoms with Gasteiger partial charge in [0.1, 0.15) is 5.00 Å². The standard InChI is InChI=1S/C12H18N2O4S2/c1-3-6-20(16,17)14-11-10(12(15)18-2)8-4-5-13-7-9(8)19-11/h13-14H,3-7H2,1-2H3. The van der Waals surface area contributed by atoms with Crippen molar-refractivity contribution in [1.82, 2.24) is 5.32 Å². The fraction of sp³-hybridized carbons (Fsp3) is 0.583. The molecule has 0 bridgehead atoms. The third-order valence-corrected chi connectivity index (χ3v) is 5.78. The second-order valence-corrected chi connectivity index (χ2v) is 7.49. The lowest BCUT2D eigenvalue weighted by Gasteiger charge is -2.13. The molecule has 0 aromatic carbocycles. The van der Waals surface area contributed by atoms with Crippen LogP contribution in [0.1, 0.15) is 34.1 Å². The van der Waals surface area contributed by atoms with Gasteiger partial charge in [-0.05, 0) is 24.9 Å². The predicted octanol–water partition coefficient (Wildman–Crippen LogP) is 1.33. The first kappa shape index (κ1) is 15.3. The van der Waals surface area contributed by atoms with Crippen molar-refractivity contribution >= 4 is 32.3 Å². The number of hydrogen-bond acceptors (Lipinski definition) is 6. The summed E-state index contributed by atoms with van der Waals surface area (Å²) in [5, 5.41) is 3.58. The molecule has 1 aliphatic rings. The molecule has 20 heavy (non-hydrogen) atoms. The summed E-state index contributed by atoms with van der Waals surface area (Å²) in [7, 11) is -2.11. The third kappa shape index (κ3) is 3.13. The third-order valence-electron chi connectivity index (χ3n) is 3.04. The monoisotopic (exact) mass is 318 g/mol. The lowest BCUT2D eigenvalue weighted by atomic mass is 10.0. The summed E-state index contributed by atoms with van der Waals surface area (Å²) < 4.78 is 31.1. The van der Waals surface area contributed by atoms with Gasteiger partial charge in [0.25, 0.3) is 0 Å². The zero-order valence-corrected chi connectivity index (χ0v) is 13.1. The van der Waals surface area contributed by atoms with Crippen LogP contribution in [0.25, 0.3) is 0 Å². The van der Waals surface area contributed by atoms with Crippen molar-refractivity contribution in [2.75, 3.05) is 24.1 Å². The highest BCUT2D eigenvalue weighted by Crippen LogP contribution is 2.36.